The molecule has 0 bridgehead atoms. The van der Waals surface area contributed by atoms with Gasteiger partial charge in [-0.05, 0) is 19.8 Å². The van der Waals surface area contributed by atoms with E-state index in [0.29, 0.717) is 11.7 Å². The van der Waals surface area contributed by atoms with Crippen molar-refractivity contribution >= 4 is 0 Å². The molecular formula is C10H14N2O2. The lowest BCUT2D eigenvalue weighted by Crippen LogP contribution is -2.19. The van der Waals surface area contributed by atoms with Gasteiger partial charge in [-0.15, -0.1) is 0 Å². The molecule has 14 heavy (non-hydrogen) atoms. The van der Waals surface area contributed by atoms with Crippen LogP contribution in [0.1, 0.15) is 30.3 Å². The zero-order valence-electron chi connectivity index (χ0n) is 8.25. The second-order valence-corrected chi connectivity index (χ2v) is 3.64. The van der Waals surface area contributed by atoms with Gasteiger partial charge in [-0.25, -0.2) is 4.98 Å². The van der Waals surface area contributed by atoms with Gasteiger partial charge in [0.15, 0.2) is 0 Å². The quantitative estimate of drug-likeness (QED) is 0.724. The minimum absolute atomic E-state index is 0.0565. The van der Waals surface area contributed by atoms with Crippen molar-refractivity contribution in [2.75, 3.05) is 13.2 Å². The fraction of sp³-hybridized carbons (Fsp3) is 0.600. The topological polar surface area (TPSA) is 55.0 Å². The van der Waals surface area contributed by atoms with Gasteiger partial charge in [0.1, 0.15) is 5.82 Å². The summed E-state index contributed by atoms with van der Waals surface area (Å²) in [6.45, 7) is 3.36. The molecule has 2 rings (SSSR count). The molecule has 0 unspecified atom stereocenters. The molecule has 1 aliphatic rings. The molecule has 0 spiro atoms. The molecule has 1 aliphatic heterocycles. The fourth-order valence-corrected chi connectivity index (χ4v) is 1.81. The van der Waals surface area contributed by atoms with Crippen LogP contribution >= 0.6 is 0 Å². The molecule has 1 aromatic rings. The summed E-state index contributed by atoms with van der Waals surface area (Å²) in [6, 6.07) is 1.60. The van der Waals surface area contributed by atoms with Gasteiger partial charge in [0.2, 0.25) is 0 Å². The van der Waals surface area contributed by atoms with Crippen LogP contribution in [0.15, 0.2) is 10.9 Å². The first-order valence-electron chi connectivity index (χ1n) is 4.91. The SMILES string of the molecule is Cc1nc(C2CCOCC2)cc(=O)[nH]1. The third kappa shape index (κ3) is 2.01. The van der Waals surface area contributed by atoms with Crippen molar-refractivity contribution in [3.63, 3.8) is 0 Å². The summed E-state index contributed by atoms with van der Waals surface area (Å²) in [4.78, 5) is 18.2. The minimum atomic E-state index is -0.0565. The molecule has 0 atom stereocenters. The Morgan fingerprint density at radius 1 is 1.50 bits per heavy atom. The summed E-state index contributed by atoms with van der Waals surface area (Å²) < 4.78 is 5.27. The molecule has 4 nitrogen and oxygen atoms in total. The van der Waals surface area contributed by atoms with Gasteiger partial charge in [-0.1, -0.05) is 0 Å². The average Bonchev–Trinajstić information content (AvgIpc) is 2.18. The number of aromatic amines is 1. The third-order valence-corrected chi connectivity index (χ3v) is 2.52. The van der Waals surface area contributed by atoms with E-state index in [1.54, 1.807) is 6.07 Å². The van der Waals surface area contributed by atoms with Gasteiger partial charge >= 0.3 is 0 Å². The van der Waals surface area contributed by atoms with E-state index in [4.69, 9.17) is 4.74 Å². The Bertz CT molecular complexity index is 367. The van der Waals surface area contributed by atoms with Crippen molar-refractivity contribution in [2.24, 2.45) is 0 Å². The highest BCUT2D eigenvalue weighted by atomic mass is 16.5. The number of ether oxygens (including phenoxy) is 1. The lowest BCUT2D eigenvalue weighted by atomic mass is 9.96. The highest BCUT2D eigenvalue weighted by Crippen LogP contribution is 2.24. The smallest absolute Gasteiger partial charge is 0.251 e. The van der Waals surface area contributed by atoms with Crippen LogP contribution in [0.2, 0.25) is 0 Å². The molecule has 1 fully saturated rings. The van der Waals surface area contributed by atoms with E-state index in [1.165, 1.54) is 0 Å². The van der Waals surface area contributed by atoms with E-state index in [0.717, 1.165) is 31.7 Å². The Morgan fingerprint density at radius 2 is 2.21 bits per heavy atom. The predicted molar refractivity (Wildman–Crippen MR) is 52.4 cm³/mol. The molecular weight excluding hydrogens is 180 g/mol. The first-order chi connectivity index (χ1) is 6.75. The Morgan fingerprint density at radius 3 is 2.86 bits per heavy atom. The van der Waals surface area contributed by atoms with Crippen molar-refractivity contribution in [2.45, 2.75) is 25.7 Å². The summed E-state index contributed by atoms with van der Waals surface area (Å²) in [6.07, 6.45) is 1.94. The van der Waals surface area contributed by atoms with Crippen molar-refractivity contribution in [1.29, 1.82) is 0 Å². The molecule has 0 aliphatic carbocycles. The van der Waals surface area contributed by atoms with Crippen LogP contribution in [0.25, 0.3) is 0 Å². The zero-order chi connectivity index (χ0) is 9.97. The summed E-state index contributed by atoms with van der Waals surface area (Å²) >= 11 is 0. The van der Waals surface area contributed by atoms with Crippen LogP contribution in [-0.4, -0.2) is 23.2 Å². The Labute approximate surface area is 82.3 Å². The van der Waals surface area contributed by atoms with Crippen LogP contribution in [0, 0.1) is 6.92 Å². The maximum atomic E-state index is 11.2. The molecule has 1 saturated heterocycles. The second-order valence-electron chi connectivity index (χ2n) is 3.64. The van der Waals surface area contributed by atoms with Crippen LogP contribution in [-0.2, 0) is 4.74 Å². The van der Waals surface area contributed by atoms with Gasteiger partial charge < -0.3 is 9.72 Å². The molecule has 76 valence electrons. The average molecular weight is 194 g/mol. The molecule has 0 aromatic carbocycles. The highest BCUT2D eigenvalue weighted by molar-refractivity contribution is 5.08. The number of nitrogens with one attached hydrogen (secondary N) is 1. The monoisotopic (exact) mass is 194 g/mol. The van der Waals surface area contributed by atoms with E-state index >= 15 is 0 Å². The third-order valence-electron chi connectivity index (χ3n) is 2.52. The minimum Gasteiger partial charge on any atom is -0.381 e. The maximum Gasteiger partial charge on any atom is 0.251 e. The van der Waals surface area contributed by atoms with E-state index in [2.05, 4.69) is 9.97 Å². The second kappa shape index (κ2) is 3.92. The van der Waals surface area contributed by atoms with Crippen molar-refractivity contribution in [3.8, 4) is 0 Å². The molecule has 4 heteroatoms. The van der Waals surface area contributed by atoms with Gasteiger partial charge in [-0.3, -0.25) is 4.79 Å². The predicted octanol–water partition coefficient (Wildman–Crippen LogP) is 0.972. The van der Waals surface area contributed by atoms with Crippen LogP contribution in [0.4, 0.5) is 0 Å². The summed E-state index contributed by atoms with van der Waals surface area (Å²) in [5.41, 5.74) is 0.855. The van der Waals surface area contributed by atoms with Crippen LogP contribution in [0.5, 0.6) is 0 Å². The standard InChI is InChI=1S/C10H14N2O2/c1-7-11-9(6-10(13)12-7)8-2-4-14-5-3-8/h6,8H,2-5H2,1H3,(H,11,12,13). The Balaban J connectivity index is 2.26. The first kappa shape index (κ1) is 9.40. The van der Waals surface area contributed by atoms with E-state index in [1.807, 2.05) is 6.92 Å². The van der Waals surface area contributed by atoms with Crippen molar-refractivity contribution in [1.82, 2.24) is 9.97 Å². The number of aryl methyl sites for hydroxylation is 1. The van der Waals surface area contributed by atoms with Crippen LogP contribution < -0.4 is 5.56 Å². The molecule has 0 radical (unpaired) electrons. The zero-order valence-corrected chi connectivity index (χ0v) is 8.25. The van der Waals surface area contributed by atoms with E-state index in [-0.39, 0.29) is 5.56 Å². The van der Waals surface area contributed by atoms with Gasteiger partial charge in [0, 0.05) is 25.2 Å². The number of rotatable bonds is 1. The highest BCUT2D eigenvalue weighted by Gasteiger charge is 2.17. The van der Waals surface area contributed by atoms with Gasteiger partial charge in [0.05, 0.1) is 5.69 Å². The van der Waals surface area contributed by atoms with Gasteiger partial charge in [-0.2, -0.15) is 0 Å². The normalized spacial score (nSPS) is 18.4. The van der Waals surface area contributed by atoms with Gasteiger partial charge in [0.25, 0.3) is 5.56 Å². The summed E-state index contributed by atoms with van der Waals surface area (Å²) in [5.74, 6) is 1.09. The number of nitrogens with zero attached hydrogens (tertiary/aromatic N) is 1. The molecule has 0 saturated carbocycles. The molecule has 2 heterocycles. The Kier molecular flexibility index (Phi) is 2.63. The lowest BCUT2D eigenvalue weighted by Gasteiger charge is -2.21. The Hall–Kier alpha value is -1.16. The van der Waals surface area contributed by atoms with Crippen molar-refractivity contribution < 1.29 is 4.74 Å². The van der Waals surface area contributed by atoms with E-state index < -0.39 is 0 Å². The molecule has 1 N–H and O–H groups in total. The van der Waals surface area contributed by atoms with Crippen molar-refractivity contribution in [3.05, 3.63) is 27.9 Å². The number of hydrogen-bond acceptors (Lipinski definition) is 3. The molecule has 1 aromatic heterocycles. The molecule has 0 amide bonds. The maximum absolute atomic E-state index is 11.2. The van der Waals surface area contributed by atoms with Crippen LogP contribution in [0.3, 0.4) is 0 Å². The fourth-order valence-electron chi connectivity index (χ4n) is 1.81. The lowest BCUT2D eigenvalue weighted by molar-refractivity contribution is 0.0844. The summed E-state index contributed by atoms with van der Waals surface area (Å²) in [7, 11) is 0. The largest absolute Gasteiger partial charge is 0.381 e. The number of H-pyrrole nitrogens is 1. The summed E-state index contributed by atoms with van der Waals surface area (Å²) in [5, 5.41) is 0. The van der Waals surface area contributed by atoms with E-state index in [9.17, 15) is 4.79 Å². The number of hydrogen-bond donors (Lipinski definition) is 1. The first-order valence-corrected chi connectivity index (χ1v) is 4.91. The number of aromatic nitrogens is 2.